The van der Waals surface area contributed by atoms with Gasteiger partial charge in [0.25, 0.3) is 0 Å². The zero-order chi connectivity index (χ0) is 25.3. The van der Waals surface area contributed by atoms with E-state index in [2.05, 4.69) is 134 Å². The molecule has 7 bridgehead atoms. The normalized spacial score (nSPS) is 14.5. The topological polar surface area (TPSA) is 0 Å². The Morgan fingerprint density at radius 1 is 0.553 bits per heavy atom. The molecule has 5 heterocycles. The quantitative estimate of drug-likeness (QED) is 0.208. The Bertz CT molecular complexity index is 1870. The van der Waals surface area contributed by atoms with Gasteiger partial charge in [0.2, 0.25) is 0 Å². The largest absolute Gasteiger partial charge is 0.136 e. The maximum atomic E-state index is 2.35. The number of thioether (sulfide) groups is 1. The summed E-state index contributed by atoms with van der Waals surface area (Å²) < 4.78 is 2.58. The van der Waals surface area contributed by atoms with Crippen LogP contribution in [0.15, 0.2) is 125 Å². The Hall–Kier alpha value is -3.41. The first-order chi connectivity index (χ1) is 18.8. The maximum absolute atomic E-state index is 2.35. The molecule has 0 radical (unpaired) electrons. The lowest BCUT2D eigenvalue weighted by atomic mass is 10.0. The molecule has 0 atom stereocenters. The Morgan fingerprint density at radius 3 is 2.18 bits per heavy atom. The standard InChI is InChI=1S/C34H22S4/c1-3-8-23(9-4-1)29-13-7-12-25-14-15-27-19-21-31(36-27)33(24-10-5-2-6-11-24)34-32(37-25)22-28(38-34)17-16-26-18-20-30(29)35-26/h1-22H. The van der Waals surface area contributed by atoms with Crippen molar-refractivity contribution >= 4 is 75.1 Å². The van der Waals surface area contributed by atoms with Crippen molar-refractivity contribution in [2.75, 3.05) is 0 Å². The fourth-order valence-electron chi connectivity index (χ4n) is 4.64. The molecule has 4 heteroatoms. The van der Waals surface area contributed by atoms with E-state index < -0.39 is 0 Å². The average molecular weight is 559 g/mol. The van der Waals surface area contributed by atoms with Crippen molar-refractivity contribution < 1.29 is 0 Å². The molecule has 2 aliphatic rings. The number of allylic oxidation sites excluding steroid dienone is 4. The lowest BCUT2D eigenvalue weighted by Gasteiger charge is -2.10. The number of fused-ring (bicyclic) bond motifs is 6. The lowest BCUT2D eigenvalue weighted by Crippen LogP contribution is -2.03. The molecular formula is C34H22S4. The van der Waals surface area contributed by atoms with Crippen LogP contribution in [0.2, 0.25) is 0 Å². The van der Waals surface area contributed by atoms with E-state index in [9.17, 15) is 0 Å². The van der Waals surface area contributed by atoms with Gasteiger partial charge in [-0.25, -0.2) is 0 Å². The summed E-state index contributed by atoms with van der Waals surface area (Å²) in [5.41, 5.74) is 5.06. The highest BCUT2D eigenvalue weighted by atomic mass is 32.2. The number of thiophene rings is 3. The number of hydrogen-bond acceptors (Lipinski definition) is 4. The second-order valence-electron chi connectivity index (χ2n) is 8.96. The highest BCUT2D eigenvalue weighted by Gasteiger charge is 2.18. The van der Waals surface area contributed by atoms with E-state index in [0.29, 0.717) is 0 Å². The molecule has 0 saturated carbocycles. The van der Waals surface area contributed by atoms with Gasteiger partial charge in [-0.3, -0.25) is 0 Å². The molecule has 0 nitrogen and oxygen atoms in total. The van der Waals surface area contributed by atoms with E-state index >= 15 is 0 Å². The third kappa shape index (κ3) is 4.77. The van der Waals surface area contributed by atoms with Crippen molar-refractivity contribution in [3.63, 3.8) is 0 Å². The first kappa shape index (κ1) is 23.7. The highest BCUT2D eigenvalue weighted by Crippen LogP contribution is 2.42. The summed E-state index contributed by atoms with van der Waals surface area (Å²) in [6.45, 7) is 0. The van der Waals surface area contributed by atoms with Gasteiger partial charge in [-0.05, 0) is 77.4 Å². The van der Waals surface area contributed by atoms with E-state index in [1.54, 1.807) is 0 Å². The van der Waals surface area contributed by atoms with E-state index in [-0.39, 0.29) is 0 Å². The molecule has 0 unspecified atom stereocenters. The van der Waals surface area contributed by atoms with E-state index in [1.807, 2.05) is 45.8 Å². The predicted octanol–water partition coefficient (Wildman–Crippen LogP) is 9.06. The van der Waals surface area contributed by atoms with Gasteiger partial charge < -0.3 is 0 Å². The van der Waals surface area contributed by atoms with Crippen LogP contribution in [0.5, 0.6) is 0 Å². The Kier molecular flexibility index (Phi) is 6.48. The van der Waals surface area contributed by atoms with Gasteiger partial charge >= 0.3 is 0 Å². The summed E-state index contributed by atoms with van der Waals surface area (Å²) in [7, 11) is 0. The van der Waals surface area contributed by atoms with E-state index in [4.69, 9.17) is 0 Å². The minimum atomic E-state index is 1.22. The molecule has 7 rings (SSSR count). The third-order valence-corrected chi connectivity index (χ3v) is 10.9. The van der Waals surface area contributed by atoms with Crippen LogP contribution in [0.1, 0.15) is 30.6 Å². The number of benzene rings is 2. The molecular weight excluding hydrogens is 537 g/mol. The van der Waals surface area contributed by atoms with Crippen LogP contribution in [0.4, 0.5) is 0 Å². The van der Waals surface area contributed by atoms with Gasteiger partial charge in [-0.1, -0.05) is 84.6 Å². The Morgan fingerprint density at radius 2 is 1.34 bits per heavy atom. The van der Waals surface area contributed by atoms with Crippen molar-refractivity contribution in [2.24, 2.45) is 0 Å². The van der Waals surface area contributed by atoms with Crippen molar-refractivity contribution in [2.45, 2.75) is 4.90 Å². The minimum absolute atomic E-state index is 1.22. The molecule has 0 fully saturated rings. The zero-order valence-electron chi connectivity index (χ0n) is 20.3. The average Bonchev–Trinajstić information content (AvgIpc) is 3.70. The summed E-state index contributed by atoms with van der Waals surface area (Å²) in [4.78, 5) is 7.65. The molecule has 3 aromatic heterocycles. The van der Waals surface area contributed by atoms with Gasteiger partial charge in [0.05, 0.1) is 4.88 Å². The molecule has 2 aromatic carbocycles. The van der Waals surface area contributed by atoms with Gasteiger partial charge in [-0.15, -0.1) is 34.0 Å². The van der Waals surface area contributed by atoms with E-state index in [0.717, 1.165) is 0 Å². The molecule has 0 N–H and O–H groups in total. The number of hydrogen-bond donors (Lipinski definition) is 0. The molecule has 5 aromatic rings. The maximum Gasteiger partial charge on any atom is 0.0508 e. The van der Waals surface area contributed by atoms with Crippen molar-refractivity contribution in [1.29, 1.82) is 0 Å². The molecule has 2 aliphatic heterocycles. The molecule has 0 saturated heterocycles. The Labute approximate surface area is 238 Å². The van der Waals surface area contributed by atoms with Crippen LogP contribution in [-0.4, -0.2) is 0 Å². The molecule has 0 amide bonds. The third-order valence-electron chi connectivity index (χ3n) is 6.43. The van der Waals surface area contributed by atoms with Crippen LogP contribution in [0.3, 0.4) is 0 Å². The summed E-state index contributed by atoms with van der Waals surface area (Å²) in [5.74, 6) is 0. The second-order valence-corrected chi connectivity index (χ2v) is 13.4. The Balaban J connectivity index is 1.45. The van der Waals surface area contributed by atoms with Crippen LogP contribution < -0.4 is 9.06 Å². The fraction of sp³-hybridized carbons (Fsp3) is 0. The van der Waals surface area contributed by atoms with Crippen LogP contribution in [-0.2, 0) is 0 Å². The first-order valence-corrected chi connectivity index (χ1v) is 15.7. The summed E-state index contributed by atoms with van der Waals surface area (Å²) >= 11 is 7.43. The zero-order valence-corrected chi connectivity index (χ0v) is 23.6. The minimum Gasteiger partial charge on any atom is -0.136 e. The van der Waals surface area contributed by atoms with Gasteiger partial charge in [0.1, 0.15) is 0 Å². The monoisotopic (exact) mass is 558 g/mol. The van der Waals surface area contributed by atoms with Gasteiger partial charge in [0, 0.05) is 39.1 Å². The van der Waals surface area contributed by atoms with Crippen LogP contribution in [0.25, 0.3) is 29.4 Å². The second kappa shape index (κ2) is 10.4. The SMILES string of the molecule is C1=CC2=CC=c3ccc(s3)=C(c3ccccc3)c3sc(cc3S2)C=Cc2ccc(s2)C(c2ccccc2)=C1. The van der Waals surface area contributed by atoms with Crippen LogP contribution in [0, 0.1) is 0 Å². The van der Waals surface area contributed by atoms with Crippen molar-refractivity contribution in [3.05, 3.63) is 160 Å². The first-order valence-electron chi connectivity index (χ1n) is 12.4. The molecule has 0 aliphatic carbocycles. The molecule has 182 valence electrons. The van der Waals surface area contributed by atoms with Crippen molar-refractivity contribution in [1.82, 2.24) is 0 Å². The number of rotatable bonds is 2. The summed E-state index contributed by atoms with van der Waals surface area (Å²) in [5, 5.41) is 0. The fourth-order valence-corrected chi connectivity index (χ4v) is 8.92. The summed E-state index contributed by atoms with van der Waals surface area (Å²) in [6.07, 6.45) is 15.8. The predicted molar refractivity (Wildman–Crippen MR) is 170 cm³/mol. The van der Waals surface area contributed by atoms with E-state index in [1.165, 1.54) is 60.6 Å². The van der Waals surface area contributed by atoms with Gasteiger partial charge in [0.15, 0.2) is 0 Å². The van der Waals surface area contributed by atoms with Crippen LogP contribution >= 0.6 is 45.8 Å². The van der Waals surface area contributed by atoms with Crippen molar-refractivity contribution in [3.8, 4) is 0 Å². The lowest BCUT2D eigenvalue weighted by molar-refractivity contribution is 1.49. The highest BCUT2D eigenvalue weighted by molar-refractivity contribution is 8.03. The molecule has 38 heavy (non-hydrogen) atoms. The van der Waals surface area contributed by atoms with Gasteiger partial charge in [-0.2, -0.15) is 0 Å². The molecule has 0 spiro atoms. The smallest absolute Gasteiger partial charge is 0.0508 e. The summed E-state index contributed by atoms with van der Waals surface area (Å²) in [6, 6.07) is 32.9.